The number of aromatic nitrogens is 2. The molecule has 2 rings (SSSR count). The van der Waals surface area contributed by atoms with E-state index in [1.54, 1.807) is 0 Å². The van der Waals surface area contributed by atoms with Crippen molar-refractivity contribution in [1.29, 1.82) is 0 Å². The molecule has 0 spiro atoms. The molecule has 0 bridgehead atoms. The predicted octanol–water partition coefficient (Wildman–Crippen LogP) is 3.11. The Balaban J connectivity index is 2.08. The van der Waals surface area contributed by atoms with E-state index in [4.69, 9.17) is 0 Å². The van der Waals surface area contributed by atoms with E-state index >= 15 is 0 Å². The Morgan fingerprint density at radius 3 is 2.75 bits per heavy atom. The zero-order chi connectivity index (χ0) is 11.8. The van der Waals surface area contributed by atoms with Crippen LogP contribution in [0.2, 0.25) is 0 Å². The predicted molar refractivity (Wildman–Crippen MR) is 67.6 cm³/mol. The summed E-state index contributed by atoms with van der Waals surface area (Å²) in [5, 5.41) is 8.08. The maximum Gasteiger partial charge on any atom is 0.148 e. The Labute approximate surface area is 98.2 Å². The van der Waals surface area contributed by atoms with Crippen molar-refractivity contribution < 1.29 is 0 Å². The van der Waals surface area contributed by atoms with Crippen LogP contribution in [0.4, 0.5) is 5.82 Å². The molecule has 1 aliphatic rings. The molecule has 0 saturated heterocycles. The molecule has 1 fully saturated rings. The third-order valence-electron chi connectivity index (χ3n) is 3.94. The van der Waals surface area contributed by atoms with E-state index in [9.17, 15) is 0 Å². The Bertz CT molecular complexity index is 346. The van der Waals surface area contributed by atoms with Crippen molar-refractivity contribution >= 4 is 5.82 Å². The van der Waals surface area contributed by atoms with Gasteiger partial charge in [0.15, 0.2) is 0 Å². The standard InChI is InChI=1S/C13H23N3/c1-10-9-12(15-16(10)4)14-11-7-5-6-8-13(11,2)3/h9,11H,5-8H2,1-4H3,(H,14,15). The summed E-state index contributed by atoms with van der Waals surface area (Å²) in [6.07, 6.45) is 5.29. The maximum atomic E-state index is 4.48. The lowest BCUT2D eigenvalue weighted by molar-refractivity contribution is 0.216. The summed E-state index contributed by atoms with van der Waals surface area (Å²) in [5.74, 6) is 1.03. The van der Waals surface area contributed by atoms with E-state index in [1.807, 2.05) is 11.7 Å². The summed E-state index contributed by atoms with van der Waals surface area (Å²) < 4.78 is 1.93. The summed E-state index contributed by atoms with van der Waals surface area (Å²) in [7, 11) is 1.99. The smallest absolute Gasteiger partial charge is 0.148 e. The van der Waals surface area contributed by atoms with Crippen LogP contribution >= 0.6 is 0 Å². The highest BCUT2D eigenvalue weighted by atomic mass is 15.3. The van der Waals surface area contributed by atoms with Gasteiger partial charge in [0.25, 0.3) is 0 Å². The molecule has 16 heavy (non-hydrogen) atoms. The number of hydrogen-bond donors (Lipinski definition) is 1. The maximum absolute atomic E-state index is 4.48. The van der Waals surface area contributed by atoms with Crippen molar-refractivity contribution in [2.45, 2.75) is 52.5 Å². The lowest BCUT2D eigenvalue weighted by Crippen LogP contribution is -2.39. The largest absolute Gasteiger partial charge is 0.365 e. The molecule has 1 aliphatic carbocycles. The molecular weight excluding hydrogens is 198 g/mol. The third-order valence-corrected chi connectivity index (χ3v) is 3.94. The van der Waals surface area contributed by atoms with E-state index in [0.717, 1.165) is 5.82 Å². The molecule has 1 aromatic rings. The van der Waals surface area contributed by atoms with E-state index in [-0.39, 0.29) is 0 Å². The first kappa shape index (κ1) is 11.5. The van der Waals surface area contributed by atoms with Crippen molar-refractivity contribution in [2.24, 2.45) is 12.5 Å². The summed E-state index contributed by atoms with van der Waals surface area (Å²) >= 11 is 0. The number of nitrogens with one attached hydrogen (secondary N) is 1. The van der Waals surface area contributed by atoms with Gasteiger partial charge in [-0.1, -0.05) is 26.7 Å². The molecular formula is C13H23N3. The lowest BCUT2D eigenvalue weighted by Gasteiger charge is -2.39. The van der Waals surface area contributed by atoms with Gasteiger partial charge in [0.1, 0.15) is 5.82 Å². The average Bonchev–Trinajstić information content (AvgIpc) is 2.50. The Morgan fingerprint density at radius 2 is 2.19 bits per heavy atom. The highest BCUT2D eigenvalue weighted by Crippen LogP contribution is 2.37. The number of aryl methyl sites for hydroxylation is 2. The van der Waals surface area contributed by atoms with Crippen molar-refractivity contribution in [3.8, 4) is 0 Å². The van der Waals surface area contributed by atoms with Gasteiger partial charge in [-0.3, -0.25) is 4.68 Å². The molecule has 1 heterocycles. The van der Waals surface area contributed by atoms with Gasteiger partial charge in [-0.05, 0) is 25.2 Å². The van der Waals surface area contributed by atoms with Crippen LogP contribution in [0.1, 0.15) is 45.2 Å². The zero-order valence-electron chi connectivity index (χ0n) is 10.9. The monoisotopic (exact) mass is 221 g/mol. The molecule has 0 aliphatic heterocycles. The van der Waals surface area contributed by atoms with Gasteiger partial charge in [0.05, 0.1) is 0 Å². The van der Waals surface area contributed by atoms with Gasteiger partial charge < -0.3 is 5.32 Å². The first-order valence-corrected chi connectivity index (χ1v) is 6.26. The van der Waals surface area contributed by atoms with Crippen LogP contribution < -0.4 is 5.32 Å². The fourth-order valence-corrected chi connectivity index (χ4v) is 2.57. The molecule has 3 heteroatoms. The second-order valence-corrected chi connectivity index (χ2v) is 5.73. The van der Waals surface area contributed by atoms with Gasteiger partial charge in [0.2, 0.25) is 0 Å². The van der Waals surface area contributed by atoms with Crippen LogP contribution in [-0.2, 0) is 7.05 Å². The molecule has 0 aromatic carbocycles. The van der Waals surface area contributed by atoms with E-state index in [1.165, 1.54) is 31.4 Å². The second-order valence-electron chi connectivity index (χ2n) is 5.73. The first-order chi connectivity index (χ1) is 7.49. The van der Waals surface area contributed by atoms with Gasteiger partial charge in [-0.25, -0.2) is 0 Å². The normalized spacial score (nSPS) is 24.4. The van der Waals surface area contributed by atoms with Gasteiger partial charge in [0, 0.05) is 24.8 Å². The van der Waals surface area contributed by atoms with Crippen LogP contribution in [0.15, 0.2) is 6.07 Å². The fourth-order valence-electron chi connectivity index (χ4n) is 2.57. The molecule has 3 nitrogen and oxygen atoms in total. The Kier molecular flexibility index (Phi) is 2.96. The van der Waals surface area contributed by atoms with Crippen molar-refractivity contribution in [1.82, 2.24) is 9.78 Å². The van der Waals surface area contributed by atoms with Crippen LogP contribution in [0.25, 0.3) is 0 Å². The number of anilines is 1. The van der Waals surface area contributed by atoms with E-state index in [0.29, 0.717) is 11.5 Å². The van der Waals surface area contributed by atoms with Crippen molar-refractivity contribution in [3.05, 3.63) is 11.8 Å². The average molecular weight is 221 g/mol. The highest BCUT2D eigenvalue weighted by molar-refractivity contribution is 5.37. The summed E-state index contributed by atoms with van der Waals surface area (Å²) in [6.45, 7) is 6.81. The minimum Gasteiger partial charge on any atom is -0.365 e. The SMILES string of the molecule is Cc1cc(NC2CCCCC2(C)C)nn1C. The molecule has 1 unspecified atom stereocenters. The number of nitrogens with zero attached hydrogens (tertiary/aromatic N) is 2. The molecule has 1 atom stereocenters. The van der Waals surface area contributed by atoms with Crippen LogP contribution in [0, 0.1) is 12.3 Å². The van der Waals surface area contributed by atoms with Gasteiger partial charge in [-0.2, -0.15) is 5.10 Å². The topological polar surface area (TPSA) is 29.9 Å². The van der Waals surface area contributed by atoms with Gasteiger partial charge >= 0.3 is 0 Å². The Hall–Kier alpha value is -0.990. The quantitative estimate of drug-likeness (QED) is 0.831. The van der Waals surface area contributed by atoms with E-state index < -0.39 is 0 Å². The number of rotatable bonds is 2. The minimum absolute atomic E-state index is 0.393. The second kappa shape index (κ2) is 4.11. The summed E-state index contributed by atoms with van der Waals surface area (Å²) in [4.78, 5) is 0. The molecule has 90 valence electrons. The number of hydrogen-bond acceptors (Lipinski definition) is 2. The fraction of sp³-hybridized carbons (Fsp3) is 0.769. The van der Waals surface area contributed by atoms with Crippen molar-refractivity contribution in [2.75, 3.05) is 5.32 Å². The van der Waals surface area contributed by atoms with Gasteiger partial charge in [-0.15, -0.1) is 0 Å². The highest BCUT2D eigenvalue weighted by Gasteiger charge is 2.32. The van der Waals surface area contributed by atoms with Crippen LogP contribution in [0.3, 0.4) is 0 Å². The summed E-state index contributed by atoms with van der Waals surface area (Å²) in [5.41, 5.74) is 1.60. The molecule has 1 saturated carbocycles. The van der Waals surface area contributed by atoms with Crippen molar-refractivity contribution in [3.63, 3.8) is 0 Å². The minimum atomic E-state index is 0.393. The summed E-state index contributed by atoms with van der Waals surface area (Å²) in [6, 6.07) is 2.69. The zero-order valence-corrected chi connectivity index (χ0v) is 10.9. The van der Waals surface area contributed by atoms with Crippen LogP contribution in [-0.4, -0.2) is 15.8 Å². The van der Waals surface area contributed by atoms with E-state index in [2.05, 4.69) is 37.3 Å². The lowest BCUT2D eigenvalue weighted by atomic mass is 9.73. The molecule has 0 amide bonds. The molecule has 1 N–H and O–H groups in total. The Morgan fingerprint density at radius 1 is 1.44 bits per heavy atom. The third kappa shape index (κ3) is 2.23. The van der Waals surface area contributed by atoms with Crippen LogP contribution in [0.5, 0.6) is 0 Å². The first-order valence-electron chi connectivity index (χ1n) is 6.26. The molecule has 1 aromatic heterocycles. The molecule has 0 radical (unpaired) electrons.